The molecular formula is C13H18ClN3O3S. The maximum absolute atomic E-state index is 12.4. The zero-order valence-electron chi connectivity index (χ0n) is 11.6. The quantitative estimate of drug-likeness (QED) is 0.917. The second-order valence-electron chi connectivity index (χ2n) is 5.34. The van der Waals surface area contributed by atoms with Crippen LogP contribution in [-0.4, -0.2) is 37.0 Å². The molecule has 6 nitrogen and oxygen atoms in total. The zero-order chi connectivity index (χ0) is 14.3. The van der Waals surface area contributed by atoms with E-state index in [-0.39, 0.29) is 30.1 Å². The molecule has 2 heterocycles. The lowest BCUT2D eigenvalue weighted by molar-refractivity contribution is 0.441. The average Bonchev–Trinajstić information content (AvgIpc) is 2.95. The number of para-hydroxylation sites is 1. The van der Waals surface area contributed by atoms with Crippen LogP contribution in [0.25, 0.3) is 11.0 Å². The van der Waals surface area contributed by atoms with Crippen LogP contribution >= 0.6 is 12.4 Å². The lowest BCUT2D eigenvalue weighted by Gasteiger charge is -2.14. The van der Waals surface area contributed by atoms with Crippen LogP contribution in [0.2, 0.25) is 0 Å². The predicted octanol–water partition coefficient (Wildman–Crippen LogP) is 1.36. The van der Waals surface area contributed by atoms with E-state index < -0.39 is 10.0 Å². The number of aromatic nitrogens is 1. The lowest BCUT2D eigenvalue weighted by Crippen LogP contribution is -2.33. The molecule has 1 fully saturated rings. The van der Waals surface area contributed by atoms with Gasteiger partial charge in [-0.3, -0.25) is 0 Å². The van der Waals surface area contributed by atoms with E-state index in [0.717, 1.165) is 5.39 Å². The first-order chi connectivity index (χ1) is 9.47. The predicted molar refractivity (Wildman–Crippen MR) is 82.6 cm³/mol. The first-order valence-corrected chi connectivity index (χ1v) is 8.15. The van der Waals surface area contributed by atoms with Crippen molar-refractivity contribution in [2.24, 2.45) is 11.7 Å². The Labute approximate surface area is 129 Å². The summed E-state index contributed by atoms with van der Waals surface area (Å²) in [5.74, 6) is 0.0301. The molecule has 0 saturated carbocycles. The third-order valence-corrected chi connectivity index (χ3v) is 5.52. The second-order valence-corrected chi connectivity index (χ2v) is 7.31. The minimum Gasteiger partial charge on any atom is -0.356 e. The van der Waals surface area contributed by atoms with Gasteiger partial charge in [0.1, 0.15) is 11.4 Å². The van der Waals surface area contributed by atoms with Crippen LogP contribution < -0.4 is 5.73 Å². The van der Waals surface area contributed by atoms with E-state index in [1.807, 2.05) is 25.1 Å². The molecule has 116 valence electrons. The van der Waals surface area contributed by atoms with Crippen molar-refractivity contribution >= 4 is 33.4 Å². The Balaban J connectivity index is 0.00000161. The molecule has 1 aliphatic heterocycles. The van der Waals surface area contributed by atoms with Crippen molar-refractivity contribution < 1.29 is 12.9 Å². The molecule has 2 N–H and O–H groups in total. The zero-order valence-corrected chi connectivity index (χ0v) is 13.2. The number of nitrogens with two attached hydrogens (primary N) is 1. The molecule has 0 radical (unpaired) electrons. The number of benzene rings is 1. The Kier molecular flexibility index (Phi) is 4.57. The van der Waals surface area contributed by atoms with Crippen molar-refractivity contribution in [3.05, 3.63) is 30.0 Å². The highest BCUT2D eigenvalue weighted by atomic mass is 35.5. The van der Waals surface area contributed by atoms with E-state index in [1.54, 1.807) is 6.07 Å². The highest BCUT2D eigenvalue weighted by Crippen LogP contribution is 2.24. The van der Waals surface area contributed by atoms with Crippen molar-refractivity contribution in [1.29, 1.82) is 0 Å². The second kappa shape index (κ2) is 5.92. The van der Waals surface area contributed by atoms with Gasteiger partial charge in [-0.25, -0.2) is 8.42 Å². The van der Waals surface area contributed by atoms with Gasteiger partial charge in [-0.15, -0.1) is 12.4 Å². The minimum atomic E-state index is -3.41. The highest BCUT2D eigenvalue weighted by molar-refractivity contribution is 7.88. The molecule has 1 saturated heterocycles. The normalized spacial score (nSPS) is 23.3. The van der Waals surface area contributed by atoms with E-state index in [9.17, 15) is 8.42 Å². The third kappa shape index (κ3) is 3.06. The maximum atomic E-state index is 12.4. The number of hydrogen-bond acceptors (Lipinski definition) is 5. The standard InChI is InChI=1S/C13H17N3O3S.ClH/c1-9-6-16(7-11(9)14)20(17,18)8-12-10-4-2-3-5-13(10)19-15-12;/h2-5,9,11H,6-8,14H2,1H3;1H. The molecule has 0 amide bonds. The summed E-state index contributed by atoms with van der Waals surface area (Å²) in [7, 11) is -3.41. The van der Waals surface area contributed by atoms with Crippen LogP contribution in [0.4, 0.5) is 0 Å². The number of halogens is 1. The number of fused-ring (bicyclic) bond motifs is 1. The molecule has 8 heteroatoms. The highest BCUT2D eigenvalue weighted by Gasteiger charge is 2.35. The van der Waals surface area contributed by atoms with Crippen molar-refractivity contribution in [3.63, 3.8) is 0 Å². The van der Waals surface area contributed by atoms with Gasteiger partial charge in [0.2, 0.25) is 10.0 Å². The first kappa shape index (κ1) is 16.2. The van der Waals surface area contributed by atoms with E-state index in [2.05, 4.69) is 5.16 Å². The largest absolute Gasteiger partial charge is 0.356 e. The fourth-order valence-electron chi connectivity index (χ4n) is 2.48. The Bertz CT molecular complexity index is 721. The van der Waals surface area contributed by atoms with E-state index in [4.69, 9.17) is 10.3 Å². The van der Waals surface area contributed by atoms with Gasteiger partial charge in [-0.1, -0.05) is 24.2 Å². The van der Waals surface area contributed by atoms with Gasteiger partial charge in [0.15, 0.2) is 5.58 Å². The van der Waals surface area contributed by atoms with Gasteiger partial charge in [0.25, 0.3) is 0 Å². The Morgan fingerprint density at radius 2 is 2.10 bits per heavy atom. The Hall–Kier alpha value is -1.15. The smallest absolute Gasteiger partial charge is 0.220 e. The molecular weight excluding hydrogens is 314 g/mol. The van der Waals surface area contributed by atoms with Gasteiger partial charge in [-0.05, 0) is 18.1 Å². The van der Waals surface area contributed by atoms with Crippen molar-refractivity contribution in [1.82, 2.24) is 9.46 Å². The van der Waals surface area contributed by atoms with E-state index >= 15 is 0 Å². The van der Waals surface area contributed by atoms with Gasteiger partial charge < -0.3 is 10.3 Å². The molecule has 0 spiro atoms. The van der Waals surface area contributed by atoms with Crippen LogP contribution in [0, 0.1) is 5.92 Å². The molecule has 0 aliphatic carbocycles. The summed E-state index contributed by atoms with van der Waals surface area (Å²) < 4.78 is 31.4. The number of nitrogens with zero attached hydrogens (tertiary/aromatic N) is 2. The summed E-state index contributed by atoms with van der Waals surface area (Å²) in [5.41, 5.74) is 6.94. The fraction of sp³-hybridized carbons (Fsp3) is 0.462. The molecule has 0 bridgehead atoms. The van der Waals surface area contributed by atoms with Gasteiger partial charge in [-0.2, -0.15) is 4.31 Å². The van der Waals surface area contributed by atoms with Crippen molar-refractivity contribution in [3.8, 4) is 0 Å². The Morgan fingerprint density at radius 1 is 1.38 bits per heavy atom. The van der Waals surface area contributed by atoms with Crippen LogP contribution in [0.5, 0.6) is 0 Å². The van der Waals surface area contributed by atoms with E-state index in [0.29, 0.717) is 24.4 Å². The van der Waals surface area contributed by atoms with Crippen LogP contribution in [0.15, 0.2) is 28.8 Å². The van der Waals surface area contributed by atoms with Crippen molar-refractivity contribution in [2.45, 2.75) is 18.7 Å². The summed E-state index contributed by atoms with van der Waals surface area (Å²) in [4.78, 5) is 0. The summed E-state index contributed by atoms with van der Waals surface area (Å²) in [6.45, 7) is 2.81. The van der Waals surface area contributed by atoms with Crippen LogP contribution in [0.3, 0.4) is 0 Å². The summed E-state index contributed by atoms with van der Waals surface area (Å²) in [6, 6.07) is 7.15. The monoisotopic (exact) mass is 331 g/mol. The number of hydrogen-bond donors (Lipinski definition) is 1. The molecule has 2 aromatic rings. The average molecular weight is 332 g/mol. The minimum absolute atomic E-state index is 0. The van der Waals surface area contributed by atoms with E-state index in [1.165, 1.54) is 4.31 Å². The lowest BCUT2D eigenvalue weighted by atomic mass is 10.1. The first-order valence-electron chi connectivity index (χ1n) is 6.54. The van der Waals surface area contributed by atoms with Crippen molar-refractivity contribution in [2.75, 3.05) is 13.1 Å². The summed E-state index contributed by atoms with van der Waals surface area (Å²) in [6.07, 6.45) is 0. The third-order valence-electron chi connectivity index (χ3n) is 3.80. The Morgan fingerprint density at radius 3 is 2.76 bits per heavy atom. The van der Waals surface area contributed by atoms with Gasteiger partial charge >= 0.3 is 0 Å². The van der Waals surface area contributed by atoms with Gasteiger partial charge in [0.05, 0.1) is 0 Å². The molecule has 2 unspecified atom stereocenters. The number of sulfonamides is 1. The summed E-state index contributed by atoms with van der Waals surface area (Å²) >= 11 is 0. The van der Waals surface area contributed by atoms with Crippen LogP contribution in [0.1, 0.15) is 12.6 Å². The molecule has 2 atom stereocenters. The molecule has 1 aromatic heterocycles. The fourth-order valence-corrected chi connectivity index (χ4v) is 4.08. The molecule has 21 heavy (non-hydrogen) atoms. The summed E-state index contributed by atoms with van der Waals surface area (Å²) in [5, 5.41) is 4.62. The molecule has 3 rings (SSSR count). The van der Waals surface area contributed by atoms with Crippen LogP contribution in [-0.2, 0) is 15.8 Å². The molecule has 1 aliphatic rings. The topological polar surface area (TPSA) is 89.4 Å². The SMILES string of the molecule is CC1CN(S(=O)(=O)Cc2noc3ccccc23)CC1N.Cl. The maximum Gasteiger partial charge on any atom is 0.220 e. The number of rotatable bonds is 3. The van der Waals surface area contributed by atoms with Gasteiger partial charge in [0, 0.05) is 24.5 Å². The molecule has 1 aromatic carbocycles.